The molecule has 0 bridgehead atoms. The van der Waals surface area contributed by atoms with Crippen molar-refractivity contribution in [2.75, 3.05) is 0 Å². The fraction of sp³-hybridized carbons (Fsp3) is 0.200. The van der Waals surface area contributed by atoms with Gasteiger partial charge in [-0.2, -0.15) is 0 Å². The fourth-order valence-electron chi connectivity index (χ4n) is 1.89. The minimum Gasteiger partial charge on any atom is -0.388 e. The molecule has 1 nitrogen and oxygen atoms in total. The van der Waals surface area contributed by atoms with Crippen molar-refractivity contribution in [3.63, 3.8) is 0 Å². The minimum atomic E-state index is -0.378. The van der Waals surface area contributed by atoms with E-state index in [1.165, 1.54) is 0 Å². The van der Waals surface area contributed by atoms with Crippen molar-refractivity contribution < 1.29 is 5.11 Å². The highest BCUT2D eigenvalue weighted by atomic mass is 16.3. The van der Waals surface area contributed by atoms with Crippen LogP contribution in [0.2, 0.25) is 0 Å². The van der Waals surface area contributed by atoms with E-state index < -0.39 is 0 Å². The molecule has 0 saturated heterocycles. The number of aliphatic hydroxyl groups is 1. The van der Waals surface area contributed by atoms with Crippen molar-refractivity contribution in [1.82, 2.24) is 0 Å². The summed E-state index contributed by atoms with van der Waals surface area (Å²) in [6.45, 7) is 1.99. The van der Waals surface area contributed by atoms with Crippen LogP contribution in [0, 0.1) is 0 Å². The van der Waals surface area contributed by atoms with Crippen LogP contribution in [0.25, 0.3) is 11.1 Å². The molecule has 0 amide bonds. The lowest BCUT2D eigenvalue weighted by molar-refractivity contribution is 0.174. The molecule has 2 aromatic rings. The van der Waals surface area contributed by atoms with E-state index in [0.717, 1.165) is 23.1 Å². The van der Waals surface area contributed by atoms with Gasteiger partial charge in [0.15, 0.2) is 0 Å². The summed E-state index contributed by atoms with van der Waals surface area (Å²) in [7, 11) is 0. The standard InChI is InChI=1S/C15H16O/c1-2-15(16)14-11-7-6-10-13(14)12-8-4-3-5-9-12/h3-11,15-16H,2H2,1H3. The van der Waals surface area contributed by atoms with E-state index in [0.29, 0.717) is 0 Å². The highest BCUT2D eigenvalue weighted by Crippen LogP contribution is 2.29. The summed E-state index contributed by atoms with van der Waals surface area (Å²) >= 11 is 0. The molecule has 16 heavy (non-hydrogen) atoms. The molecule has 82 valence electrons. The van der Waals surface area contributed by atoms with Crippen LogP contribution in [-0.4, -0.2) is 5.11 Å². The van der Waals surface area contributed by atoms with Crippen molar-refractivity contribution >= 4 is 0 Å². The zero-order valence-corrected chi connectivity index (χ0v) is 9.43. The second kappa shape index (κ2) is 4.95. The van der Waals surface area contributed by atoms with Crippen molar-refractivity contribution in [2.24, 2.45) is 0 Å². The Balaban J connectivity index is 2.49. The molecule has 0 aromatic heterocycles. The van der Waals surface area contributed by atoms with Gasteiger partial charge in [0, 0.05) is 0 Å². The first-order valence-corrected chi connectivity index (χ1v) is 5.65. The lowest BCUT2D eigenvalue weighted by Crippen LogP contribution is -1.97. The Hall–Kier alpha value is -1.60. The monoisotopic (exact) mass is 212 g/mol. The quantitative estimate of drug-likeness (QED) is 0.820. The van der Waals surface area contributed by atoms with Gasteiger partial charge in [-0.3, -0.25) is 0 Å². The molecule has 1 unspecified atom stereocenters. The fourth-order valence-corrected chi connectivity index (χ4v) is 1.89. The lowest BCUT2D eigenvalue weighted by Gasteiger charge is -2.14. The molecular formula is C15H16O. The Kier molecular flexibility index (Phi) is 3.37. The maximum absolute atomic E-state index is 9.97. The van der Waals surface area contributed by atoms with Crippen LogP contribution in [0.1, 0.15) is 25.0 Å². The predicted molar refractivity (Wildman–Crippen MR) is 67.1 cm³/mol. The first kappa shape index (κ1) is 10.9. The molecule has 0 heterocycles. The third kappa shape index (κ3) is 2.15. The largest absolute Gasteiger partial charge is 0.388 e. The maximum atomic E-state index is 9.97. The van der Waals surface area contributed by atoms with E-state index in [-0.39, 0.29) is 6.10 Å². The van der Waals surface area contributed by atoms with Gasteiger partial charge in [-0.05, 0) is 23.1 Å². The summed E-state index contributed by atoms with van der Waals surface area (Å²) in [5.41, 5.74) is 3.29. The van der Waals surface area contributed by atoms with E-state index in [2.05, 4.69) is 18.2 Å². The number of hydrogen-bond acceptors (Lipinski definition) is 1. The second-order valence-electron chi connectivity index (χ2n) is 3.88. The van der Waals surface area contributed by atoms with Gasteiger partial charge in [0.25, 0.3) is 0 Å². The summed E-state index contributed by atoms with van der Waals surface area (Å²) in [4.78, 5) is 0. The molecule has 0 radical (unpaired) electrons. The average Bonchev–Trinajstić information content (AvgIpc) is 2.39. The van der Waals surface area contributed by atoms with Gasteiger partial charge in [-0.1, -0.05) is 61.5 Å². The third-order valence-corrected chi connectivity index (χ3v) is 2.79. The van der Waals surface area contributed by atoms with E-state index in [4.69, 9.17) is 0 Å². The van der Waals surface area contributed by atoms with Gasteiger partial charge in [0.1, 0.15) is 0 Å². The van der Waals surface area contributed by atoms with Gasteiger partial charge >= 0.3 is 0 Å². The first-order valence-electron chi connectivity index (χ1n) is 5.65. The summed E-state index contributed by atoms with van der Waals surface area (Å²) in [5, 5.41) is 9.97. The molecule has 2 aromatic carbocycles. The molecule has 1 N–H and O–H groups in total. The Morgan fingerprint density at radius 1 is 0.938 bits per heavy atom. The highest BCUT2D eigenvalue weighted by Gasteiger charge is 2.10. The molecule has 1 heteroatoms. The van der Waals surface area contributed by atoms with E-state index in [1.807, 2.05) is 43.3 Å². The van der Waals surface area contributed by atoms with Gasteiger partial charge in [-0.15, -0.1) is 0 Å². The van der Waals surface area contributed by atoms with Gasteiger partial charge < -0.3 is 5.11 Å². The Labute approximate surface area is 96.4 Å². The van der Waals surface area contributed by atoms with Crippen LogP contribution in [0.15, 0.2) is 54.6 Å². The van der Waals surface area contributed by atoms with Gasteiger partial charge in [-0.25, -0.2) is 0 Å². The Morgan fingerprint density at radius 2 is 1.56 bits per heavy atom. The van der Waals surface area contributed by atoms with E-state index in [9.17, 15) is 5.11 Å². The van der Waals surface area contributed by atoms with Crippen LogP contribution >= 0.6 is 0 Å². The molecular weight excluding hydrogens is 196 g/mol. The normalized spacial score (nSPS) is 12.4. The number of rotatable bonds is 3. The molecule has 2 rings (SSSR count). The molecule has 0 aliphatic carbocycles. The summed E-state index contributed by atoms with van der Waals surface area (Å²) in [6.07, 6.45) is 0.362. The molecule has 0 spiro atoms. The molecule has 0 aliphatic rings. The van der Waals surface area contributed by atoms with Crippen molar-refractivity contribution in [3.05, 3.63) is 60.2 Å². The zero-order valence-electron chi connectivity index (χ0n) is 9.43. The maximum Gasteiger partial charge on any atom is 0.0793 e. The smallest absolute Gasteiger partial charge is 0.0793 e. The van der Waals surface area contributed by atoms with Crippen LogP contribution in [0.4, 0.5) is 0 Å². The molecule has 0 fully saturated rings. The lowest BCUT2D eigenvalue weighted by atomic mass is 9.95. The third-order valence-electron chi connectivity index (χ3n) is 2.79. The summed E-state index contributed by atoms with van der Waals surface area (Å²) < 4.78 is 0. The number of hydrogen-bond donors (Lipinski definition) is 1. The van der Waals surface area contributed by atoms with Crippen molar-refractivity contribution in [3.8, 4) is 11.1 Å². The minimum absolute atomic E-state index is 0.378. The first-order chi connectivity index (χ1) is 7.83. The summed E-state index contributed by atoms with van der Waals surface area (Å²) in [5.74, 6) is 0. The van der Waals surface area contributed by atoms with E-state index in [1.54, 1.807) is 0 Å². The van der Waals surface area contributed by atoms with Crippen LogP contribution in [-0.2, 0) is 0 Å². The summed E-state index contributed by atoms with van der Waals surface area (Å²) in [6, 6.07) is 18.2. The second-order valence-corrected chi connectivity index (χ2v) is 3.88. The Bertz CT molecular complexity index is 448. The van der Waals surface area contributed by atoms with Crippen molar-refractivity contribution in [1.29, 1.82) is 0 Å². The highest BCUT2D eigenvalue weighted by molar-refractivity contribution is 5.67. The van der Waals surface area contributed by atoms with Crippen LogP contribution in [0.5, 0.6) is 0 Å². The predicted octanol–water partition coefficient (Wildman–Crippen LogP) is 3.80. The topological polar surface area (TPSA) is 20.2 Å². The average molecular weight is 212 g/mol. The zero-order chi connectivity index (χ0) is 11.4. The van der Waals surface area contributed by atoms with Crippen LogP contribution < -0.4 is 0 Å². The number of benzene rings is 2. The van der Waals surface area contributed by atoms with Gasteiger partial charge in [0.2, 0.25) is 0 Å². The molecule has 0 aliphatic heterocycles. The Morgan fingerprint density at radius 3 is 2.25 bits per heavy atom. The SMILES string of the molecule is CCC(O)c1ccccc1-c1ccccc1. The molecule has 0 saturated carbocycles. The van der Waals surface area contributed by atoms with Crippen LogP contribution in [0.3, 0.4) is 0 Å². The number of aliphatic hydroxyl groups excluding tert-OH is 1. The molecule has 1 atom stereocenters. The van der Waals surface area contributed by atoms with E-state index >= 15 is 0 Å². The van der Waals surface area contributed by atoms with Gasteiger partial charge in [0.05, 0.1) is 6.10 Å². The van der Waals surface area contributed by atoms with Crippen molar-refractivity contribution in [2.45, 2.75) is 19.4 Å².